The predicted molar refractivity (Wildman–Crippen MR) is 69.7 cm³/mol. The molecular formula is C13H18BrNO. The molecule has 2 rings (SSSR count). The fourth-order valence-corrected chi connectivity index (χ4v) is 2.53. The van der Waals surface area contributed by atoms with Crippen LogP contribution >= 0.6 is 15.9 Å². The van der Waals surface area contributed by atoms with Crippen LogP contribution in [0.25, 0.3) is 0 Å². The Balaban J connectivity index is 2.08. The van der Waals surface area contributed by atoms with Gasteiger partial charge >= 0.3 is 0 Å². The van der Waals surface area contributed by atoms with E-state index in [1.54, 1.807) is 0 Å². The minimum Gasteiger partial charge on any atom is -0.381 e. The first kappa shape index (κ1) is 12.1. The Morgan fingerprint density at radius 3 is 2.44 bits per heavy atom. The summed E-state index contributed by atoms with van der Waals surface area (Å²) in [6.45, 7) is 1.74. The van der Waals surface area contributed by atoms with Crippen LogP contribution in [-0.2, 0) is 11.2 Å². The lowest BCUT2D eigenvalue weighted by Crippen LogP contribution is -2.49. The molecule has 1 aromatic rings. The molecule has 0 spiro atoms. The van der Waals surface area contributed by atoms with E-state index in [9.17, 15) is 0 Å². The SMILES string of the molecule is CNC1(Cc2ccc(Br)cc2)CCOCC1. The molecule has 1 aliphatic rings. The monoisotopic (exact) mass is 283 g/mol. The summed E-state index contributed by atoms with van der Waals surface area (Å²) in [7, 11) is 2.06. The number of hydrogen-bond donors (Lipinski definition) is 1. The van der Waals surface area contributed by atoms with Crippen LogP contribution in [0.2, 0.25) is 0 Å². The highest BCUT2D eigenvalue weighted by molar-refractivity contribution is 9.10. The molecule has 1 aliphatic heterocycles. The molecular weight excluding hydrogens is 266 g/mol. The van der Waals surface area contributed by atoms with Gasteiger partial charge in [-0.1, -0.05) is 28.1 Å². The number of benzene rings is 1. The summed E-state index contributed by atoms with van der Waals surface area (Å²) < 4.78 is 6.58. The van der Waals surface area contributed by atoms with Gasteiger partial charge in [-0.3, -0.25) is 0 Å². The molecule has 0 radical (unpaired) electrons. The van der Waals surface area contributed by atoms with E-state index in [1.165, 1.54) is 5.56 Å². The largest absolute Gasteiger partial charge is 0.381 e. The van der Waals surface area contributed by atoms with Gasteiger partial charge in [0.2, 0.25) is 0 Å². The molecule has 0 bridgehead atoms. The standard InChI is InChI=1S/C13H18BrNO/c1-15-13(6-8-16-9-7-13)10-11-2-4-12(14)5-3-11/h2-5,15H,6-10H2,1H3. The molecule has 1 heterocycles. The molecule has 0 aliphatic carbocycles. The summed E-state index contributed by atoms with van der Waals surface area (Å²) in [6, 6.07) is 8.60. The number of rotatable bonds is 3. The number of likely N-dealkylation sites (N-methyl/N-ethyl adjacent to an activating group) is 1. The summed E-state index contributed by atoms with van der Waals surface area (Å²) >= 11 is 3.47. The zero-order chi connectivity index (χ0) is 11.4. The molecule has 0 amide bonds. The van der Waals surface area contributed by atoms with Crippen molar-refractivity contribution in [3.63, 3.8) is 0 Å². The quantitative estimate of drug-likeness (QED) is 0.921. The van der Waals surface area contributed by atoms with Gasteiger partial charge in [-0.25, -0.2) is 0 Å². The maximum Gasteiger partial charge on any atom is 0.0483 e. The van der Waals surface area contributed by atoms with Crippen molar-refractivity contribution in [3.8, 4) is 0 Å². The van der Waals surface area contributed by atoms with Crippen molar-refractivity contribution < 1.29 is 4.74 Å². The first-order valence-electron chi connectivity index (χ1n) is 5.75. The summed E-state index contributed by atoms with van der Waals surface area (Å²) in [5, 5.41) is 3.49. The average Bonchev–Trinajstić information content (AvgIpc) is 2.33. The van der Waals surface area contributed by atoms with Gasteiger partial charge in [-0.2, -0.15) is 0 Å². The van der Waals surface area contributed by atoms with E-state index in [0.717, 1.165) is 36.9 Å². The molecule has 1 aromatic carbocycles. The second-order valence-corrected chi connectivity index (χ2v) is 5.36. The van der Waals surface area contributed by atoms with Crippen LogP contribution in [0.4, 0.5) is 0 Å². The third-order valence-corrected chi connectivity index (χ3v) is 3.96. The van der Waals surface area contributed by atoms with Crippen molar-refractivity contribution in [1.29, 1.82) is 0 Å². The molecule has 1 saturated heterocycles. The molecule has 1 fully saturated rings. The Morgan fingerprint density at radius 1 is 1.25 bits per heavy atom. The molecule has 0 aromatic heterocycles. The van der Waals surface area contributed by atoms with Crippen LogP contribution in [0.3, 0.4) is 0 Å². The van der Waals surface area contributed by atoms with Gasteiger partial charge in [0.05, 0.1) is 0 Å². The second kappa shape index (κ2) is 5.30. The van der Waals surface area contributed by atoms with Gasteiger partial charge in [-0.05, 0) is 44.0 Å². The van der Waals surface area contributed by atoms with E-state index in [2.05, 4.69) is 52.6 Å². The molecule has 3 heteroatoms. The summed E-state index contributed by atoms with van der Waals surface area (Å²) in [5.41, 5.74) is 1.62. The van der Waals surface area contributed by atoms with Crippen molar-refractivity contribution in [2.75, 3.05) is 20.3 Å². The number of halogens is 1. The van der Waals surface area contributed by atoms with E-state index in [1.807, 2.05) is 0 Å². The van der Waals surface area contributed by atoms with Crippen molar-refractivity contribution in [1.82, 2.24) is 5.32 Å². The summed E-state index contributed by atoms with van der Waals surface area (Å²) in [4.78, 5) is 0. The molecule has 88 valence electrons. The van der Waals surface area contributed by atoms with Crippen molar-refractivity contribution in [2.24, 2.45) is 0 Å². The van der Waals surface area contributed by atoms with Crippen LogP contribution in [0.5, 0.6) is 0 Å². The Kier molecular flexibility index (Phi) is 4.00. The van der Waals surface area contributed by atoms with Crippen LogP contribution in [0.1, 0.15) is 18.4 Å². The highest BCUT2D eigenvalue weighted by Crippen LogP contribution is 2.25. The van der Waals surface area contributed by atoms with Crippen LogP contribution < -0.4 is 5.32 Å². The topological polar surface area (TPSA) is 21.3 Å². The third-order valence-electron chi connectivity index (χ3n) is 3.44. The average molecular weight is 284 g/mol. The van der Waals surface area contributed by atoms with E-state index in [4.69, 9.17) is 4.74 Å². The first-order chi connectivity index (χ1) is 7.74. The second-order valence-electron chi connectivity index (χ2n) is 4.45. The zero-order valence-corrected chi connectivity index (χ0v) is 11.2. The highest BCUT2D eigenvalue weighted by Gasteiger charge is 2.30. The van der Waals surface area contributed by atoms with E-state index >= 15 is 0 Å². The van der Waals surface area contributed by atoms with Gasteiger partial charge in [-0.15, -0.1) is 0 Å². The predicted octanol–water partition coefficient (Wildman–Crippen LogP) is 2.76. The van der Waals surface area contributed by atoms with Gasteiger partial charge in [0.1, 0.15) is 0 Å². The normalized spacial score (nSPS) is 19.6. The lowest BCUT2D eigenvalue weighted by molar-refractivity contribution is 0.0413. The minimum absolute atomic E-state index is 0.228. The van der Waals surface area contributed by atoms with Crippen LogP contribution in [0, 0.1) is 0 Å². The lowest BCUT2D eigenvalue weighted by Gasteiger charge is -2.37. The molecule has 16 heavy (non-hydrogen) atoms. The van der Waals surface area contributed by atoms with Gasteiger partial charge in [0.25, 0.3) is 0 Å². The molecule has 2 nitrogen and oxygen atoms in total. The molecule has 0 unspecified atom stereocenters. The fraction of sp³-hybridized carbons (Fsp3) is 0.538. The van der Waals surface area contributed by atoms with Crippen LogP contribution in [-0.4, -0.2) is 25.8 Å². The van der Waals surface area contributed by atoms with Gasteiger partial charge in [0.15, 0.2) is 0 Å². The van der Waals surface area contributed by atoms with E-state index < -0.39 is 0 Å². The Bertz CT molecular complexity index is 330. The van der Waals surface area contributed by atoms with Crippen molar-refractivity contribution in [3.05, 3.63) is 34.3 Å². The van der Waals surface area contributed by atoms with E-state index in [0.29, 0.717) is 0 Å². The number of hydrogen-bond acceptors (Lipinski definition) is 2. The summed E-state index contributed by atoms with van der Waals surface area (Å²) in [5.74, 6) is 0. The lowest BCUT2D eigenvalue weighted by atomic mass is 9.84. The van der Waals surface area contributed by atoms with Crippen molar-refractivity contribution in [2.45, 2.75) is 24.8 Å². The number of nitrogens with one attached hydrogen (secondary N) is 1. The first-order valence-corrected chi connectivity index (χ1v) is 6.54. The minimum atomic E-state index is 0.228. The Labute approximate surface area is 106 Å². The van der Waals surface area contributed by atoms with E-state index in [-0.39, 0.29) is 5.54 Å². The Morgan fingerprint density at radius 2 is 1.88 bits per heavy atom. The molecule has 1 N–H and O–H groups in total. The molecule has 0 atom stereocenters. The van der Waals surface area contributed by atoms with Gasteiger partial charge < -0.3 is 10.1 Å². The number of ether oxygens (including phenoxy) is 1. The molecule has 0 saturated carbocycles. The van der Waals surface area contributed by atoms with Crippen molar-refractivity contribution >= 4 is 15.9 Å². The Hall–Kier alpha value is -0.380. The van der Waals surface area contributed by atoms with Gasteiger partial charge in [0, 0.05) is 23.2 Å². The maximum atomic E-state index is 5.44. The fourth-order valence-electron chi connectivity index (χ4n) is 2.27. The highest BCUT2D eigenvalue weighted by atomic mass is 79.9. The summed E-state index contributed by atoms with van der Waals surface area (Å²) in [6.07, 6.45) is 3.28. The zero-order valence-electron chi connectivity index (χ0n) is 9.63. The van der Waals surface area contributed by atoms with Crippen LogP contribution in [0.15, 0.2) is 28.7 Å². The maximum absolute atomic E-state index is 5.44. The smallest absolute Gasteiger partial charge is 0.0483 e. The third kappa shape index (κ3) is 2.84.